The highest BCUT2D eigenvalue weighted by Crippen LogP contribution is 2.27. The molecule has 1 N–H and O–H groups in total. The zero-order valence-corrected chi connectivity index (χ0v) is 13.3. The molecule has 0 aliphatic heterocycles. The minimum absolute atomic E-state index is 0.0123. The first-order chi connectivity index (χ1) is 8.70. The summed E-state index contributed by atoms with van der Waals surface area (Å²) in [5.74, 6) is -0.102. The summed E-state index contributed by atoms with van der Waals surface area (Å²) in [5, 5.41) is 14.4. The molecule has 0 spiro atoms. The molecular formula is C14H24N2O2S. The lowest BCUT2D eigenvalue weighted by molar-refractivity contribution is -0.133. The number of carboxylic acid groups (broad SMARTS) is 1. The van der Waals surface area contributed by atoms with Gasteiger partial charge in [-0.25, -0.2) is 0 Å². The second-order valence-electron chi connectivity index (χ2n) is 6.21. The average molecular weight is 284 g/mol. The third-order valence-electron chi connectivity index (χ3n) is 2.77. The highest BCUT2D eigenvalue weighted by atomic mass is 32.2. The molecule has 0 radical (unpaired) electrons. The smallest absolute Gasteiger partial charge is 0.313 e. The Hall–Kier alpha value is -0.970. The van der Waals surface area contributed by atoms with Gasteiger partial charge >= 0.3 is 5.97 Å². The van der Waals surface area contributed by atoms with Crippen LogP contribution in [0.25, 0.3) is 0 Å². The molecule has 5 heteroatoms. The molecule has 1 aromatic heterocycles. The third-order valence-corrected chi connectivity index (χ3v) is 3.79. The molecule has 0 aliphatic carbocycles. The summed E-state index contributed by atoms with van der Waals surface area (Å²) in [7, 11) is 0. The standard InChI is InChI=1S/C14H24N2O2S/c1-10(2)6-7-16-12(19-9-13(17)18)8-11(15-16)14(3,4)5/h8,10H,6-7,9H2,1-5H3,(H,17,18). The SMILES string of the molecule is CC(C)CCn1nc(C(C)(C)C)cc1SCC(=O)O. The van der Waals surface area contributed by atoms with Gasteiger partial charge in [0, 0.05) is 12.0 Å². The number of aromatic nitrogens is 2. The first kappa shape index (κ1) is 16.1. The van der Waals surface area contributed by atoms with Gasteiger partial charge in [0.1, 0.15) is 0 Å². The second-order valence-corrected chi connectivity index (χ2v) is 7.20. The quantitative estimate of drug-likeness (QED) is 0.813. The molecule has 0 aliphatic rings. The molecule has 0 unspecified atom stereocenters. The lowest BCUT2D eigenvalue weighted by atomic mass is 9.93. The van der Waals surface area contributed by atoms with E-state index in [1.165, 1.54) is 11.8 Å². The van der Waals surface area contributed by atoms with Crippen molar-refractivity contribution in [2.24, 2.45) is 5.92 Å². The number of aliphatic carboxylic acids is 1. The van der Waals surface area contributed by atoms with Gasteiger partial charge in [-0.3, -0.25) is 9.48 Å². The Morgan fingerprint density at radius 2 is 2.11 bits per heavy atom. The van der Waals surface area contributed by atoms with Crippen molar-refractivity contribution in [3.05, 3.63) is 11.8 Å². The number of thioether (sulfide) groups is 1. The fourth-order valence-corrected chi connectivity index (χ4v) is 2.31. The van der Waals surface area contributed by atoms with E-state index in [9.17, 15) is 4.79 Å². The van der Waals surface area contributed by atoms with Gasteiger partial charge in [-0.2, -0.15) is 5.10 Å². The molecule has 0 aromatic carbocycles. The number of hydrogen-bond donors (Lipinski definition) is 1. The number of rotatable bonds is 6. The molecule has 0 fully saturated rings. The van der Waals surface area contributed by atoms with Crippen molar-refractivity contribution < 1.29 is 9.90 Å². The van der Waals surface area contributed by atoms with E-state index in [2.05, 4.69) is 39.7 Å². The van der Waals surface area contributed by atoms with E-state index in [0.717, 1.165) is 23.7 Å². The normalized spacial score (nSPS) is 12.1. The number of aryl methyl sites for hydroxylation is 1. The maximum absolute atomic E-state index is 10.7. The Balaban J connectivity index is 2.90. The zero-order chi connectivity index (χ0) is 14.6. The molecule has 0 atom stereocenters. The van der Waals surface area contributed by atoms with Crippen molar-refractivity contribution in [3.63, 3.8) is 0 Å². The average Bonchev–Trinajstić information content (AvgIpc) is 2.66. The van der Waals surface area contributed by atoms with Crippen LogP contribution in [0.4, 0.5) is 0 Å². The van der Waals surface area contributed by atoms with Crippen molar-refractivity contribution in [2.45, 2.75) is 58.0 Å². The first-order valence-electron chi connectivity index (χ1n) is 6.63. The molecule has 1 aromatic rings. The van der Waals surface area contributed by atoms with E-state index in [0.29, 0.717) is 5.92 Å². The molecule has 108 valence electrons. The highest BCUT2D eigenvalue weighted by molar-refractivity contribution is 7.99. The van der Waals surface area contributed by atoms with E-state index in [4.69, 9.17) is 5.11 Å². The van der Waals surface area contributed by atoms with Crippen molar-refractivity contribution in [1.29, 1.82) is 0 Å². The molecule has 0 saturated heterocycles. The van der Waals surface area contributed by atoms with E-state index < -0.39 is 5.97 Å². The van der Waals surface area contributed by atoms with Crippen LogP contribution in [-0.4, -0.2) is 26.6 Å². The second kappa shape index (κ2) is 6.46. The Kier molecular flexibility index (Phi) is 5.47. The summed E-state index contributed by atoms with van der Waals surface area (Å²) in [4.78, 5) is 10.7. The van der Waals surface area contributed by atoms with Gasteiger partial charge in [-0.15, -0.1) is 0 Å². The van der Waals surface area contributed by atoms with Crippen LogP contribution in [0.3, 0.4) is 0 Å². The summed E-state index contributed by atoms with van der Waals surface area (Å²) in [6.45, 7) is 11.6. The molecule has 19 heavy (non-hydrogen) atoms. The van der Waals surface area contributed by atoms with Gasteiger partial charge in [0.25, 0.3) is 0 Å². The lowest BCUT2D eigenvalue weighted by Gasteiger charge is -2.14. The summed E-state index contributed by atoms with van der Waals surface area (Å²) in [5.41, 5.74) is 1.01. The van der Waals surface area contributed by atoms with Crippen LogP contribution in [0.15, 0.2) is 11.1 Å². The fraction of sp³-hybridized carbons (Fsp3) is 0.714. The fourth-order valence-electron chi connectivity index (χ4n) is 1.56. The van der Waals surface area contributed by atoms with E-state index in [-0.39, 0.29) is 11.2 Å². The van der Waals surface area contributed by atoms with Gasteiger partial charge in [0.15, 0.2) is 0 Å². The van der Waals surface area contributed by atoms with Gasteiger partial charge in [-0.1, -0.05) is 46.4 Å². The van der Waals surface area contributed by atoms with Crippen LogP contribution in [0, 0.1) is 5.92 Å². The Morgan fingerprint density at radius 3 is 2.58 bits per heavy atom. The van der Waals surface area contributed by atoms with Crippen molar-refractivity contribution in [1.82, 2.24) is 9.78 Å². The van der Waals surface area contributed by atoms with Crippen LogP contribution in [0.5, 0.6) is 0 Å². The third kappa shape index (κ3) is 5.27. The van der Waals surface area contributed by atoms with E-state index in [1.54, 1.807) is 0 Å². The van der Waals surface area contributed by atoms with Gasteiger partial charge < -0.3 is 5.11 Å². The minimum atomic E-state index is -0.793. The predicted octanol–water partition coefficient (Wildman–Crippen LogP) is 3.40. The molecular weight excluding hydrogens is 260 g/mol. The number of carboxylic acids is 1. The van der Waals surface area contributed by atoms with E-state index in [1.807, 2.05) is 10.7 Å². The van der Waals surface area contributed by atoms with Crippen molar-refractivity contribution in [2.75, 3.05) is 5.75 Å². The Bertz CT molecular complexity index is 433. The molecule has 0 amide bonds. The summed E-state index contributed by atoms with van der Waals surface area (Å²) >= 11 is 1.34. The molecule has 1 heterocycles. The number of carbonyl (C=O) groups is 1. The van der Waals surface area contributed by atoms with Crippen LogP contribution < -0.4 is 0 Å². The summed E-state index contributed by atoms with van der Waals surface area (Å²) in [6.07, 6.45) is 1.05. The predicted molar refractivity (Wildman–Crippen MR) is 78.7 cm³/mol. The Morgan fingerprint density at radius 1 is 1.47 bits per heavy atom. The van der Waals surface area contributed by atoms with Crippen LogP contribution in [0.1, 0.15) is 46.7 Å². The Labute approximate surface area is 119 Å². The molecule has 0 saturated carbocycles. The zero-order valence-electron chi connectivity index (χ0n) is 12.4. The summed E-state index contributed by atoms with van der Waals surface area (Å²) < 4.78 is 1.95. The van der Waals surface area contributed by atoms with Crippen LogP contribution >= 0.6 is 11.8 Å². The first-order valence-corrected chi connectivity index (χ1v) is 7.61. The molecule has 0 bridgehead atoms. The summed E-state index contributed by atoms with van der Waals surface area (Å²) in [6, 6.07) is 2.02. The number of nitrogens with zero attached hydrogens (tertiary/aromatic N) is 2. The van der Waals surface area contributed by atoms with Crippen LogP contribution in [-0.2, 0) is 16.8 Å². The molecule has 4 nitrogen and oxygen atoms in total. The van der Waals surface area contributed by atoms with Gasteiger partial charge in [0.05, 0.1) is 16.5 Å². The maximum Gasteiger partial charge on any atom is 0.313 e. The topological polar surface area (TPSA) is 55.1 Å². The largest absolute Gasteiger partial charge is 0.481 e. The monoisotopic (exact) mass is 284 g/mol. The van der Waals surface area contributed by atoms with Crippen molar-refractivity contribution in [3.8, 4) is 0 Å². The minimum Gasteiger partial charge on any atom is -0.481 e. The highest BCUT2D eigenvalue weighted by Gasteiger charge is 2.20. The number of hydrogen-bond acceptors (Lipinski definition) is 3. The van der Waals surface area contributed by atoms with Crippen molar-refractivity contribution >= 4 is 17.7 Å². The van der Waals surface area contributed by atoms with Gasteiger partial charge in [0.2, 0.25) is 0 Å². The lowest BCUT2D eigenvalue weighted by Crippen LogP contribution is -2.13. The van der Waals surface area contributed by atoms with E-state index >= 15 is 0 Å². The van der Waals surface area contributed by atoms with Gasteiger partial charge in [-0.05, 0) is 18.4 Å². The molecule has 1 rings (SSSR count). The van der Waals surface area contributed by atoms with Crippen LogP contribution in [0.2, 0.25) is 0 Å². The maximum atomic E-state index is 10.7.